The smallest absolute Gasteiger partial charge is 0.270 e. The molecule has 2 aromatic rings. The van der Waals surface area contributed by atoms with E-state index in [0.29, 0.717) is 37.7 Å². The maximum Gasteiger partial charge on any atom is 0.270 e. The Bertz CT molecular complexity index is 856. The zero-order valence-corrected chi connectivity index (χ0v) is 15.5. The number of fused-ring (bicyclic) bond motifs is 1. The van der Waals surface area contributed by atoms with Crippen LogP contribution in [-0.4, -0.2) is 41.4 Å². The van der Waals surface area contributed by atoms with Crippen LogP contribution in [0.2, 0.25) is 0 Å². The molecule has 0 saturated heterocycles. The van der Waals surface area contributed by atoms with Crippen molar-refractivity contribution in [1.82, 2.24) is 10.3 Å². The van der Waals surface area contributed by atoms with Crippen LogP contribution >= 0.6 is 0 Å². The van der Waals surface area contributed by atoms with Gasteiger partial charge in [-0.05, 0) is 36.6 Å². The fraction of sp³-hybridized carbons (Fsp3) is 0.429. The number of carbonyl (C=O) groups is 1. The Hall–Kier alpha value is -2.67. The average molecular weight is 386 g/mol. The van der Waals surface area contributed by atoms with Gasteiger partial charge in [0.25, 0.3) is 11.8 Å². The van der Waals surface area contributed by atoms with Gasteiger partial charge in [-0.15, -0.1) is 0 Å². The Morgan fingerprint density at radius 2 is 1.93 bits per heavy atom. The van der Waals surface area contributed by atoms with Crippen LogP contribution < -0.4 is 14.8 Å². The van der Waals surface area contributed by atoms with Crippen molar-refractivity contribution in [3.05, 3.63) is 53.0 Å². The van der Waals surface area contributed by atoms with Crippen LogP contribution in [0.1, 0.15) is 47.3 Å². The summed E-state index contributed by atoms with van der Waals surface area (Å²) < 4.78 is 24.5. The van der Waals surface area contributed by atoms with Gasteiger partial charge in [0, 0.05) is 12.0 Å². The molecule has 6 nitrogen and oxygen atoms in total. The van der Waals surface area contributed by atoms with Crippen molar-refractivity contribution in [2.24, 2.45) is 0 Å². The van der Waals surface area contributed by atoms with Crippen LogP contribution in [0.5, 0.6) is 11.6 Å². The van der Waals surface area contributed by atoms with Gasteiger partial charge in [0.05, 0.1) is 12.1 Å². The molecule has 0 radical (unpaired) electrons. The van der Waals surface area contributed by atoms with Gasteiger partial charge in [0.1, 0.15) is 24.7 Å². The van der Waals surface area contributed by atoms with Gasteiger partial charge in [-0.2, -0.15) is 0 Å². The normalized spacial score (nSPS) is 21.2. The van der Waals surface area contributed by atoms with E-state index in [1.54, 1.807) is 18.2 Å². The lowest BCUT2D eigenvalue weighted by Gasteiger charge is -2.28. The number of aliphatic hydroxyl groups excluding tert-OH is 1. The van der Waals surface area contributed by atoms with Gasteiger partial charge >= 0.3 is 0 Å². The SMILES string of the molecule is O=C(N[C@H]1CCCC[C@@H]1O)c1cc(Cc2ccc(F)cc2)c2c(n1)OCCO2. The molecule has 0 spiro atoms. The van der Waals surface area contributed by atoms with E-state index in [4.69, 9.17) is 9.47 Å². The number of carbonyl (C=O) groups excluding carboxylic acids is 1. The maximum absolute atomic E-state index is 13.2. The third kappa shape index (κ3) is 4.09. The second-order valence-corrected chi connectivity index (χ2v) is 7.23. The Balaban J connectivity index is 1.60. The second kappa shape index (κ2) is 8.14. The molecule has 148 valence electrons. The van der Waals surface area contributed by atoms with Crippen molar-refractivity contribution in [2.75, 3.05) is 13.2 Å². The molecule has 0 unspecified atom stereocenters. The Labute approximate surface area is 162 Å². The molecule has 0 bridgehead atoms. The molecular weight excluding hydrogens is 363 g/mol. The minimum absolute atomic E-state index is 0.221. The van der Waals surface area contributed by atoms with Crippen LogP contribution in [-0.2, 0) is 6.42 Å². The lowest BCUT2D eigenvalue weighted by atomic mass is 9.92. The van der Waals surface area contributed by atoms with E-state index in [2.05, 4.69) is 10.3 Å². The third-order valence-corrected chi connectivity index (χ3v) is 5.17. The molecule has 1 saturated carbocycles. The zero-order valence-electron chi connectivity index (χ0n) is 15.5. The van der Waals surface area contributed by atoms with E-state index in [0.717, 1.165) is 30.4 Å². The Kier molecular flexibility index (Phi) is 5.43. The number of aliphatic hydroxyl groups is 1. The summed E-state index contributed by atoms with van der Waals surface area (Å²) in [7, 11) is 0. The van der Waals surface area contributed by atoms with Gasteiger partial charge in [-0.25, -0.2) is 9.37 Å². The van der Waals surface area contributed by atoms with Crippen LogP contribution in [0.4, 0.5) is 4.39 Å². The number of ether oxygens (including phenoxy) is 2. The summed E-state index contributed by atoms with van der Waals surface area (Å²) in [5, 5.41) is 13.0. The molecule has 2 N–H and O–H groups in total. The van der Waals surface area contributed by atoms with Gasteiger partial charge in [-0.1, -0.05) is 25.0 Å². The van der Waals surface area contributed by atoms with Gasteiger partial charge < -0.3 is 19.9 Å². The summed E-state index contributed by atoms with van der Waals surface area (Å²) in [6.45, 7) is 0.771. The van der Waals surface area contributed by atoms with Crippen LogP contribution in [0.15, 0.2) is 30.3 Å². The highest BCUT2D eigenvalue weighted by atomic mass is 19.1. The van der Waals surface area contributed by atoms with E-state index in [-0.39, 0.29) is 23.5 Å². The van der Waals surface area contributed by atoms with E-state index >= 15 is 0 Å². The van der Waals surface area contributed by atoms with E-state index in [9.17, 15) is 14.3 Å². The molecule has 1 aliphatic carbocycles. The molecule has 1 aromatic carbocycles. The molecule has 1 aliphatic heterocycles. The number of rotatable bonds is 4. The van der Waals surface area contributed by atoms with Crippen molar-refractivity contribution in [1.29, 1.82) is 0 Å². The van der Waals surface area contributed by atoms with Crippen LogP contribution in [0, 0.1) is 5.82 Å². The second-order valence-electron chi connectivity index (χ2n) is 7.23. The third-order valence-electron chi connectivity index (χ3n) is 5.17. The summed E-state index contributed by atoms with van der Waals surface area (Å²) in [5.41, 5.74) is 1.86. The number of hydrogen-bond donors (Lipinski definition) is 2. The van der Waals surface area contributed by atoms with Crippen molar-refractivity contribution in [3.63, 3.8) is 0 Å². The highest BCUT2D eigenvalue weighted by molar-refractivity contribution is 5.93. The average Bonchev–Trinajstić information content (AvgIpc) is 2.71. The maximum atomic E-state index is 13.2. The number of hydrogen-bond acceptors (Lipinski definition) is 5. The monoisotopic (exact) mass is 386 g/mol. The Morgan fingerprint density at radius 3 is 2.71 bits per heavy atom. The first kappa shape index (κ1) is 18.7. The minimum atomic E-state index is -0.534. The highest BCUT2D eigenvalue weighted by Crippen LogP contribution is 2.34. The van der Waals surface area contributed by atoms with Crippen molar-refractivity contribution < 1.29 is 23.8 Å². The summed E-state index contributed by atoms with van der Waals surface area (Å²) in [6.07, 6.45) is 3.31. The van der Waals surface area contributed by atoms with E-state index in [1.807, 2.05) is 0 Å². The minimum Gasteiger partial charge on any atom is -0.484 e. The summed E-state index contributed by atoms with van der Waals surface area (Å²) >= 11 is 0. The molecule has 28 heavy (non-hydrogen) atoms. The number of nitrogens with one attached hydrogen (secondary N) is 1. The number of aromatic nitrogens is 1. The first-order valence-corrected chi connectivity index (χ1v) is 9.63. The number of amides is 1. The standard InChI is InChI=1S/C21H23FN2O4/c22-15-7-5-13(6-8-15)11-14-12-17(24-21-19(14)27-9-10-28-21)20(26)23-16-3-1-2-4-18(16)25/h5-8,12,16,18,25H,1-4,9-11H2,(H,23,26)/t16-,18-/m0/s1. The predicted octanol–water partition coefficient (Wildman–Crippen LogP) is 2.62. The number of nitrogens with zero attached hydrogens (tertiary/aromatic N) is 1. The molecule has 1 amide bonds. The zero-order chi connectivity index (χ0) is 19.5. The molecular formula is C21H23FN2O4. The topological polar surface area (TPSA) is 80.7 Å². The molecule has 2 atom stereocenters. The fourth-order valence-electron chi connectivity index (χ4n) is 3.69. The molecule has 1 aromatic heterocycles. The molecule has 4 rings (SSSR count). The quantitative estimate of drug-likeness (QED) is 0.844. The largest absolute Gasteiger partial charge is 0.484 e. The van der Waals surface area contributed by atoms with Crippen molar-refractivity contribution in [2.45, 2.75) is 44.2 Å². The molecule has 1 fully saturated rings. The first-order chi connectivity index (χ1) is 13.6. The van der Waals surface area contributed by atoms with Gasteiger partial charge in [0.2, 0.25) is 0 Å². The molecule has 2 heterocycles. The summed E-state index contributed by atoms with van der Waals surface area (Å²) in [4.78, 5) is 17.1. The van der Waals surface area contributed by atoms with E-state index in [1.165, 1.54) is 12.1 Å². The van der Waals surface area contributed by atoms with Crippen molar-refractivity contribution in [3.8, 4) is 11.6 Å². The number of halogens is 1. The Morgan fingerprint density at radius 1 is 1.18 bits per heavy atom. The highest BCUT2D eigenvalue weighted by Gasteiger charge is 2.27. The van der Waals surface area contributed by atoms with Crippen molar-refractivity contribution >= 4 is 5.91 Å². The molecule has 2 aliphatic rings. The predicted molar refractivity (Wildman–Crippen MR) is 100 cm³/mol. The van der Waals surface area contributed by atoms with Crippen LogP contribution in [0.3, 0.4) is 0 Å². The summed E-state index contributed by atoms with van der Waals surface area (Å²) in [5.74, 6) is 0.166. The lowest BCUT2D eigenvalue weighted by molar-refractivity contribution is 0.0712. The summed E-state index contributed by atoms with van der Waals surface area (Å²) in [6, 6.07) is 7.61. The van der Waals surface area contributed by atoms with E-state index < -0.39 is 6.10 Å². The molecule has 7 heteroatoms. The number of pyridine rings is 1. The van der Waals surface area contributed by atoms with Crippen LogP contribution in [0.25, 0.3) is 0 Å². The first-order valence-electron chi connectivity index (χ1n) is 9.63. The number of benzene rings is 1. The fourth-order valence-corrected chi connectivity index (χ4v) is 3.69. The van der Waals surface area contributed by atoms with Gasteiger partial charge in [-0.3, -0.25) is 4.79 Å². The lowest BCUT2D eigenvalue weighted by Crippen LogP contribution is -2.45. The van der Waals surface area contributed by atoms with Gasteiger partial charge in [0.15, 0.2) is 5.75 Å².